The second-order valence-electron chi connectivity index (χ2n) is 4.22. The van der Waals surface area contributed by atoms with Crippen LogP contribution in [0, 0.1) is 0 Å². The van der Waals surface area contributed by atoms with Gasteiger partial charge in [-0.25, -0.2) is 0 Å². The van der Waals surface area contributed by atoms with E-state index in [2.05, 4.69) is 0 Å². The largest absolute Gasteiger partial charge is 0.456 e. The predicted octanol–water partition coefficient (Wildman–Crippen LogP) is 5.12. The number of alkyl halides is 3. The maximum Gasteiger partial charge on any atom is 0.416 e. The highest BCUT2D eigenvalue weighted by atomic mass is 19.4. The number of hydrogen-bond donors (Lipinski definition) is 0. The molecule has 0 unspecified atom stereocenters. The molecule has 0 saturated carbocycles. The molecule has 19 heavy (non-hydrogen) atoms. The van der Waals surface area contributed by atoms with E-state index in [9.17, 15) is 13.2 Å². The highest BCUT2D eigenvalue weighted by Crippen LogP contribution is 2.32. The topological polar surface area (TPSA) is 13.1 Å². The van der Waals surface area contributed by atoms with Crippen LogP contribution in [-0.2, 0) is 6.18 Å². The van der Waals surface area contributed by atoms with Gasteiger partial charge < -0.3 is 4.42 Å². The standard InChI is InChI=1S/C15H9F3O/c16-15(17,18)12-7-5-10(6-8-12)14-9-11-3-1-2-4-13(11)19-14/h1-9H. The Bertz CT molecular complexity index is 675. The molecule has 0 radical (unpaired) electrons. The van der Waals surface area contributed by atoms with Crippen LogP contribution in [0.4, 0.5) is 13.2 Å². The number of rotatable bonds is 1. The van der Waals surface area contributed by atoms with Crippen LogP contribution in [0.3, 0.4) is 0 Å². The first kappa shape index (κ1) is 11.8. The molecule has 96 valence electrons. The summed E-state index contributed by atoms with van der Waals surface area (Å²) < 4.78 is 43.0. The Morgan fingerprint density at radius 2 is 1.53 bits per heavy atom. The highest BCUT2D eigenvalue weighted by molar-refractivity contribution is 5.82. The summed E-state index contributed by atoms with van der Waals surface area (Å²) in [7, 11) is 0. The van der Waals surface area contributed by atoms with Gasteiger partial charge in [0.15, 0.2) is 0 Å². The molecule has 1 aromatic heterocycles. The molecule has 0 aliphatic carbocycles. The summed E-state index contributed by atoms with van der Waals surface area (Å²) in [5, 5.41) is 0.928. The molecule has 3 aromatic rings. The smallest absolute Gasteiger partial charge is 0.416 e. The zero-order valence-electron chi connectivity index (χ0n) is 9.74. The molecule has 0 aliphatic heterocycles. The third kappa shape index (κ3) is 2.21. The van der Waals surface area contributed by atoms with E-state index in [4.69, 9.17) is 4.42 Å². The van der Waals surface area contributed by atoms with E-state index in [1.165, 1.54) is 12.1 Å². The minimum atomic E-state index is -4.31. The van der Waals surface area contributed by atoms with Gasteiger partial charge in [-0.1, -0.05) is 30.3 Å². The van der Waals surface area contributed by atoms with Crippen molar-refractivity contribution in [1.82, 2.24) is 0 Å². The Morgan fingerprint density at radius 1 is 0.842 bits per heavy atom. The molecule has 0 fully saturated rings. The van der Waals surface area contributed by atoms with Gasteiger partial charge in [0.1, 0.15) is 11.3 Å². The second-order valence-corrected chi connectivity index (χ2v) is 4.22. The minimum Gasteiger partial charge on any atom is -0.456 e. The van der Waals surface area contributed by atoms with Crippen LogP contribution in [0.25, 0.3) is 22.3 Å². The van der Waals surface area contributed by atoms with Gasteiger partial charge in [0, 0.05) is 10.9 Å². The third-order valence-electron chi connectivity index (χ3n) is 2.92. The normalized spacial score (nSPS) is 11.9. The molecule has 0 atom stereocenters. The molecule has 0 amide bonds. The molecule has 0 saturated heterocycles. The fraction of sp³-hybridized carbons (Fsp3) is 0.0667. The predicted molar refractivity (Wildman–Crippen MR) is 66.7 cm³/mol. The van der Waals surface area contributed by atoms with Gasteiger partial charge in [-0.3, -0.25) is 0 Å². The maximum absolute atomic E-state index is 12.5. The summed E-state index contributed by atoms with van der Waals surface area (Å²) in [6.45, 7) is 0. The van der Waals surface area contributed by atoms with Crippen LogP contribution < -0.4 is 0 Å². The lowest BCUT2D eigenvalue weighted by molar-refractivity contribution is -0.137. The van der Waals surface area contributed by atoms with E-state index in [1.54, 1.807) is 0 Å². The molecule has 1 nitrogen and oxygen atoms in total. The van der Waals surface area contributed by atoms with E-state index < -0.39 is 11.7 Å². The van der Waals surface area contributed by atoms with Gasteiger partial charge in [-0.2, -0.15) is 13.2 Å². The number of furan rings is 1. The first-order chi connectivity index (χ1) is 9.04. The van der Waals surface area contributed by atoms with Crippen molar-refractivity contribution in [2.75, 3.05) is 0 Å². The zero-order chi connectivity index (χ0) is 13.5. The van der Waals surface area contributed by atoms with Crippen molar-refractivity contribution < 1.29 is 17.6 Å². The molecule has 3 rings (SSSR count). The van der Waals surface area contributed by atoms with Gasteiger partial charge >= 0.3 is 6.18 Å². The van der Waals surface area contributed by atoms with Gasteiger partial charge in [-0.15, -0.1) is 0 Å². The van der Waals surface area contributed by atoms with Crippen molar-refractivity contribution in [1.29, 1.82) is 0 Å². The number of para-hydroxylation sites is 1. The monoisotopic (exact) mass is 262 g/mol. The van der Waals surface area contributed by atoms with Crippen LogP contribution >= 0.6 is 0 Å². The van der Waals surface area contributed by atoms with Gasteiger partial charge in [-0.05, 0) is 24.3 Å². The summed E-state index contributed by atoms with van der Waals surface area (Å²) in [5.74, 6) is 0.565. The SMILES string of the molecule is FC(F)(F)c1ccc(-c2cc3ccccc3o2)cc1. The third-order valence-corrected chi connectivity index (χ3v) is 2.92. The molecular formula is C15H9F3O. The number of hydrogen-bond acceptors (Lipinski definition) is 1. The zero-order valence-corrected chi connectivity index (χ0v) is 9.74. The van der Waals surface area contributed by atoms with Crippen molar-refractivity contribution in [2.24, 2.45) is 0 Å². The summed E-state index contributed by atoms with van der Waals surface area (Å²) in [4.78, 5) is 0. The van der Waals surface area contributed by atoms with E-state index in [0.717, 1.165) is 23.1 Å². The Labute approximate surface area is 107 Å². The molecule has 0 spiro atoms. The summed E-state index contributed by atoms with van der Waals surface area (Å²) >= 11 is 0. The number of fused-ring (bicyclic) bond motifs is 1. The lowest BCUT2D eigenvalue weighted by Crippen LogP contribution is -2.03. The van der Waals surface area contributed by atoms with Gasteiger partial charge in [0.05, 0.1) is 5.56 Å². The van der Waals surface area contributed by atoms with E-state index in [1.807, 2.05) is 30.3 Å². The van der Waals surface area contributed by atoms with E-state index in [-0.39, 0.29) is 0 Å². The summed E-state index contributed by atoms with van der Waals surface area (Å²) in [6.07, 6.45) is -4.31. The molecule has 0 N–H and O–H groups in total. The molecule has 1 heterocycles. The van der Waals surface area contributed by atoms with Crippen molar-refractivity contribution in [3.8, 4) is 11.3 Å². The quantitative estimate of drug-likeness (QED) is 0.593. The lowest BCUT2D eigenvalue weighted by Gasteiger charge is -2.06. The average molecular weight is 262 g/mol. The Morgan fingerprint density at radius 3 is 2.16 bits per heavy atom. The first-order valence-corrected chi connectivity index (χ1v) is 5.70. The fourth-order valence-corrected chi connectivity index (χ4v) is 1.95. The fourth-order valence-electron chi connectivity index (χ4n) is 1.95. The molecule has 2 aromatic carbocycles. The van der Waals surface area contributed by atoms with Gasteiger partial charge in [0.2, 0.25) is 0 Å². The summed E-state index contributed by atoms with van der Waals surface area (Å²) in [6, 6.07) is 14.2. The second kappa shape index (κ2) is 4.16. The van der Waals surface area contributed by atoms with Crippen LogP contribution in [0.2, 0.25) is 0 Å². The molecular weight excluding hydrogens is 253 g/mol. The highest BCUT2D eigenvalue weighted by Gasteiger charge is 2.30. The van der Waals surface area contributed by atoms with E-state index >= 15 is 0 Å². The number of halogens is 3. The van der Waals surface area contributed by atoms with Gasteiger partial charge in [0.25, 0.3) is 0 Å². The lowest BCUT2D eigenvalue weighted by atomic mass is 10.1. The van der Waals surface area contributed by atoms with Crippen molar-refractivity contribution >= 4 is 11.0 Å². The average Bonchev–Trinajstić information content (AvgIpc) is 2.81. The van der Waals surface area contributed by atoms with Crippen LogP contribution in [0.1, 0.15) is 5.56 Å². The van der Waals surface area contributed by atoms with Crippen molar-refractivity contribution in [3.05, 3.63) is 60.2 Å². The van der Waals surface area contributed by atoms with Crippen molar-refractivity contribution in [2.45, 2.75) is 6.18 Å². The van der Waals surface area contributed by atoms with Crippen LogP contribution in [0.15, 0.2) is 59.0 Å². The molecule has 0 bridgehead atoms. The van der Waals surface area contributed by atoms with Crippen molar-refractivity contribution in [3.63, 3.8) is 0 Å². The Hall–Kier alpha value is -2.23. The van der Waals surface area contributed by atoms with Crippen LogP contribution in [-0.4, -0.2) is 0 Å². The van der Waals surface area contributed by atoms with E-state index in [0.29, 0.717) is 11.3 Å². The Kier molecular flexibility index (Phi) is 2.59. The van der Waals surface area contributed by atoms with Crippen LogP contribution in [0.5, 0.6) is 0 Å². The Balaban J connectivity index is 2.02. The number of benzene rings is 2. The first-order valence-electron chi connectivity index (χ1n) is 5.70. The summed E-state index contributed by atoms with van der Waals surface area (Å²) in [5.41, 5.74) is 0.689. The minimum absolute atomic E-state index is 0.565. The molecule has 4 heteroatoms. The maximum atomic E-state index is 12.5. The molecule has 0 aliphatic rings.